The van der Waals surface area contributed by atoms with E-state index in [0.717, 1.165) is 0 Å². The van der Waals surface area contributed by atoms with Crippen LogP contribution in [0.4, 0.5) is 11.4 Å². The van der Waals surface area contributed by atoms with E-state index in [4.69, 9.17) is 14.2 Å². The molecule has 11 heteroatoms. The first-order valence-corrected chi connectivity index (χ1v) is 11.4. The molecule has 0 bridgehead atoms. The maximum Gasteiger partial charge on any atom is 0.310 e. The molecule has 4 atom stereocenters. The van der Waals surface area contributed by atoms with Gasteiger partial charge in [-0.1, -0.05) is 0 Å². The summed E-state index contributed by atoms with van der Waals surface area (Å²) in [6.07, 6.45) is 0. The summed E-state index contributed by atoms with van der Waals surface area (Å²) in [4.78, 5) is 23.7. The molecule has 0 spiro atoms. The number of nitrogens with zero attached hydrogens (tertiary/aromatic N) is 1. The van der Waals surface area contributed by atoms with Crippen LogP contribution >= 0.6 is 0 Å². The number of benzene rings is 3. The Labute approximate surface area is 211 Å². The molecule has 0 aromatic heterocycles. The van der Waals surface area contributed by atoms with E-state index < -0.39 is 34.7 Å². The quantitative estimate of drug-likeness (QED) is 0.167. The monoisotopic (exact) mass is 508 g/mol. The minimum absolute atomic E-state index is 0.0651. The number of carbonyl (C=O) groups is 1. The van der Waals surface area contributed by atoms with Crippen LogP contribution < -0.4 is 14.8 Å². The third kappa shape index (κ3) is 3.98. The number of ether oxygens (including phenoxy) is 3. The molecule has 3 aromatic rings. The third-order valence-corrected chi connectivity index (χ3v) is 7.05. The lowest BCUT2D eigenvalue weighted by molar-refractivity contribution is -0.384. The predicted molar refractivity (Wildman–Crippen MR) is 130 cm³/mol. The average molecular weight is 508 g/mol. The number of phenols is 3. The third-order valence-electron chi connectivity index (χ3n) is 7.05. The van der Waals surface area contributed by atoms with Crippen molar-refractivity contribution in [1.82, 2.24) is 0 Å². The van der Waals surface area contributed by atoms with E-state index in [2.05, 4.69) is 5.32 Å². The van der Waals surface area contributed by atoms with Crippen molar-refractivity contribution in [3.63, 3.8) is 0 Å². The number of rotatable bonds is 6. The molecule has 37 heavy (non-hydrogen) atoms. The molecule has 11 nitrogen and oxygen atoms in total. The summed E-state index contributed by atoms with van der Waals surface area (Å²) in [7, 11) is 2.79. The minimum Gasteiger partial charge on any atom is -0.504 e. The van der Waals surface area contributed by atoms with Gasteiger partial charge in [-0.3, -0.25) is 14.9 Å². The van der Waals surface area contributed by atoms with Crippen molar-refractivity contribution in [3.05, 3.63) is 75.3 Å². The second kappa shape index (κ2) is 9.08. The van der Waals surface area contributed by atoms with Gasteiger partial charge in [-0.15, -0.1) is 0 Å². The topological polar surface area (TPSA) is 161 Å². The van der Waals surface area contributed by atoms with E-state index in [-0.39, 0.29) is 41.0 Å². The largest absolute Gasteiger partial charge is 0.504 e. The lowest BCUT2D eigenvalue weighted by Crippen LogP contribution is -2.37. The van der Waals surface area contributed by atoms with Gasteiger partial charge in [0, 0.05) is 29.7 Å². The van der Waals surface area contributed by atoms with E-state index in [9.17, 15) is 30.2 Å². The Hall–Kier alpha value is -4.67. The number of nitro groups is 1. The van der Waals surface area contributed by atoms with Gasteiger partial charge in [0.05, 0.1) is 37.7 Å². The Morgan fingerprint density at radius 3 is 2.14 bits per heavy atom. The van der Waals surface area contributed by atoms with Crippen LogP contribution in [-0.2, 0) is 9.53 Å². The maximum absolute atomic E-state index is 13.1. The number of anilines is 1. The van der Waals surface area contributed by atoms with Gasteiger partial charge < -0.3 is 34.8 Å². The van der Waals surface area contributed by atoms with Crippen LogP contribution in [0.15, 0.2) is 48.5 Å². The first-order valence-electron chi connectivity index (χ1n) is 11.4. The van der Waals surface area contributed by atoms with E-state index >= 15 is 0 Å². The molecule has 3 aromatic carbocycles. The number of hydrogen-bond donors (Lipinski definition) is 4. The summed E-state index contributed by atoms with van der Waals surface area (Å²) in [5.41, 5.74) is 2.26. The number of methoxy groups -OCH3 is 2. The van der Waals surface area contributed by atoms with Gasteiger partial charge in [-0.2, -0.15) is 0 Å². The second-order valence-corrected chi connectivity index (χ2v) is 8.97. The maximum atomic E-state index is 13.1. The molecule has 192 valence electrons. The lowest BCUT2D eigenvalue weighted by Gasteiger charge is -2.40. The fraction of sp³-hybridized carbons (Fsp3) is 0.269. The fourth-order valence-electron chi connectivity index (χ4n) is 5.34. The highest BCUT2D eigenvalue weighted by Crippen LogP contribution is 2.55. The van der Waals surface area contributed by atoms with Crippen molar-refractivity contribution < 1.29 is 39.2 Å². The normalized spacial score (nSPS) is 21.9. The number of esters is 1. The molecule has 2 aliphatic rings. The van der Waals surface area contributed by atoms with E-state index in [1.807, 2.05) is 0 Å². The zero-order valence-corrected chi connectivity index (χ0v) is 19.9. The van der Waals surface area contributed by atoms with Crippen molar-refractivity contribution in [2.75, 3.05) is 26.1 Å². The number of hydrogen-bond acceptors (Lipinski definition) is 10. The number of aromatic hydroxyl groups is 3. The SMILES string of the molecule is COc1cc([C@@H]2c3cc(O)c(O)cc3[C@@H](Nc3ccc([N+](=O)[O-])cc3)[C@H]3COC(=O)[C@H]23)cc(OC)c1O. The predicted octanol–water partition coefficient (Wildman–Crippen LogP) is 3.82. The number of phenolic OH excluding ortho intramolecular Hbond substituents is 3. The van der Waals surface area contributed by atoms with Gasteiger partial charge in [0.15, 0.2) is 23.0 Å². The molecular weight excluding hydrogens is 484 g/mol. The molecule has 4 N–H and O–H groups in total. The summed E-state index contributed by atoms with van der Waals surface area (Å²) >= 11 is 0. The standard InChI is InChI=1S/C26H24N2O9/c1-35-20-7-12(8-21(36-2)25(20)31)22-15-9-18(29)19(30)10-16(15)24(17-11-37-26(32)23(17)22)27-13-3-5-14(6-4-13)28(33)34/h3-10,17,22-24,27,29-31H,11H2,1-2H3/t17-,22+,23-,24+/m0/s1. The van der Waals surface area contributed by atoms with Crippen molar-refractivity contribution in [1.29, 1.82) is 0 Å². The summed E-state index contributed by atoms with van der Waals surface area (Å²) < 4.78 is 16.1. The van der Waals surface area contributed by atoms with Crippen molar-refractivity contribution >= 4 is 17.3 Å². The molecule has 0 saturated carbocycles. The van der Waals surface area contributed by atoms with E-state index in [1.54, 1.807) is 24.3 Å². The highest BCUT2D eigenvalue weighted by atomic mass is 16.6. The zero-order valence-electron chi connectivity index (χ0n) is 19.9. The van der Waals surface area contributed by atoms with Crippen LogP contribution in [0.1, 0.15) is 28.7 Å². The van der Waals surface area contributed by atoms with Crippen molar-refractivity contribution in [2.24, 2.45) is 11.8 Å². The van der Waals surface area contributed by atoms with Crippen LogP contribution in [0.5, 0.6) is 28.7 Å². The highest BCUT2D eigenvalue weighted by molar-refractivity contribution is 5.79. The first kappa shape index (κ1) is 24.0. The van der Waals surface area contributed by atoms with Crippen LogP contribution in [-0.4, -0.2) is 47.0 Å². The average Bonchev–Trinajstić information content (AvgIpc) is 3.26. The van der Waals surface area contributed by atoms with Gasteiger partial charge in [0.2, 0.25) is 5.75 Å². The van der Waals surface area contributed by atoms with Gasteiger partial charge in [0.1, 0.15) is 0 Å². The Bertz CT molecular complexity index is 1360. The van der Waals surface area contributed by atoms with Crippen LogP contribution in [0.25, 0.3) is 0 Å². The number of nitro benzene ring substituents is 1. The van der Waals surface area contributed by atoms with Crippen molar-refractivity contribution in [2.45, 2.75) is 12.0 Å². The molecule has 0 amide bonds. The van der Waals surface area contributed by atoms with Crippen LogP contribution in [0.2, 0.25) is 0 Å². The van der Waals surface area contributed by atoms with E-state index in [0.29, 0.717) is 22.4 Å². The first-order chi connectivity index (χ1) is 17.7. The second-order valence-electron chi connectivity index (χ2n) is 8.97. The highest BCUT2D eigenvalue weighted by Gasteiger charge is 2.52. The summed E-state index contributed by atoms with van der Waals surface area (Å²) in [6.45, 7) is 0.0953. The molecule has 1 heterocycles. The molecule has 1 aliphatic carbocycles. The zero-order chi connectivity index (χ0) is 26.4. The van der Waals surface area contributed by atoms with Crippen molar-refractivity contribution in [3.8, 4) is 28.7 Å². The minimum atomic E-state index is -0.689. The van der Waals surface area contributed by atoms with E-state index in [1.165, 1.54) is 38.5 Å². The number of fused-ring (bicyclic) bond motifs is 2. The van der Waals surface area contributed by atoms with Crippen LogP contribution in [0.3, 0.4) is 0 Å². The lowest BCUT2D eigenvalue weighted by atomic mass is 9.65. The Morgan fingerprint density at radius 2 is 1.57 bits per heavy atom. The fourth-order valence-corrected chi connectivity index (χ4v) is 5.34. The van der Waals surface area contributed by atoms with Gasteiger partial charge in [-0.05, 0) is 53.1 Å². The number of carbonyl (C=O) groups excluding carboxylic acids is 1. The number of non-ortho nitro benzene ring substituents is 1. The number of nitrogens with one attached hydrogen (secondary N) is 1. The molecule has 0 unspecified atom stereocenters. The molecule has 1 fully saturated rings. The van der Waals surface area contributed by atoms with Gasteiger partial charge in [0.25, 0.3) is 5.69 Å². The van der Waals surface area contributed by atoms with Crippen LogP contribution in [0, 0.1) is 22.0 Å². The smallest absolute Gasteiger partial charge is 0.310 e. The molecule has 0 radical (unpaired) electrons. The Kier molecular flexibility index (Phi) is 5.90. The van der Waals surface area contributed by atoms with Gasteiger partial charge in [-0.25, -0.2) is 0 Å². The summed E-state index contributed by atoms with van der Waals surface area (Å²) in [5.74, 6) is -2.74. The number of cyclic esters (lactones) is 1. The molecule has 1 saturated heterocycles. The molecule has 5 rings (SSSR count). The molecule has 1 aliphatic heterocycles. The Balaban J connectivity index is 1.67. The summed E-state index contributed by atoms with van der Waals surface area (Å²) in [5, 5.41) is 45.6. The summed E-state index contributed by atoms with van der Waals surface area (Å²) in [6, 6.07) is 11.4. The Morgan fingerprint density at radius 1 is 0.973 bits per heavy atom. The molecular formula is C26H24N2O9. The van der Waals surface area contributed by atoms with Gasteiger partial charge >= 0.3 is 5.97 Å².